The predicted octanol–water partition coefficient (Wildman–Crippen LogP) is 1.79. The highest BCUT2D eigenvalue weighted by atomic mass is 15.2. The average Bonchev–Trinajstić information content (AvgIpc) is 2.63. The maximum absolute atomic E-state index is 3.76. The molecule has 0 saturated carbocycles. The molecule has 0 aromatic carbocycles. The highest BCUT2D eigenvalue weighted by molar-refractivity contribution is 4.86. The van der Waals surface area contributed by atoms with Crippen LogP contribution in [0, 0.1) is 5.92 Å². The molecule has 0 aliphatic carbocycles. The molecule has 0 spiro atoms. The third-order valence-corrected chi connectivity index (χ3v) is 4.91. The summed E-state index contributed by atoms with van der Waals surface area (Å²) in [5.74, 6) is 0.798. The predicted molar refractivity (Wildman–Crippen MR) is 78.0 cm³/mol. The summed E-state index contributed by atoms with van der Waals surface area (Å²) in [4.78, 5) is 5.28. The van der Waals surface area contributed by atoms with E-state index in [1.54, 1.807) is 0 Å². The Morgan fingerprint density at radius 1 is 1.22 bits per heavy atom. The minimum absolute atomic E-state index is 0.699. The SMILES string of the molecule is CCC(C)C1CN(C2CCCN(C)C2)CCCN1. The number of likely N-dealkylation sites (N-methyl/N-ethyl adjacent to an activating group) is 1. The van der Waals surface area contributed by atoms with Crippen LogP contribution in [0.4, 0.5) is 0 Å². The van der Waals surface area contributed by atoms with Crippen molar-refractivity contribution >= 4 is 0 Å². The highest BCUT2D eigenvalue weighted by Gasteiger charge is 2.28. The number of nitrogens with one attached hydrogen (secondary N) is 1. The summed E-state index contributed by atoms with van der Waals surface area (Å²) >= 11 is 0. The van der Waals surface area contributed by atoms with Crippen LogP contribution in [-0.2, 0) is 0 Å². The van der Waals surface area contributed by atoms with Crippen LogP contribution in [0.2, 0.25) is 0 Å². The normalized spacial score (nSPS) is 34.2. The van der Waals surface area contributed by atoms with E-state index in [9.17, 15) is 0 Å². The first-order valence-corrected chi connectivity index (χ1v) is 7.86. The molecule has 0 aromatic heterocycles. The lowest BCUT2D eigenvalue weighted by Gasteiger charge is -2.39. The largest absolute Gasteiger partial charge is 0.312 e. The lowest BCUT2D eigenvalue weighted by atomic mass is 9.97. The van der Waals surface area contributed by atoms with E-state index in [2.05, 4.69) is 36.0 Å². The summed E-state index contributed by atoms with van der Waals surface area (Å²) in [5, 5.41) is 3.76. The molecule has 2 saturated heterocycles. The van der Waals surface area contributed by atoms with Gasteiger partial charge in [-0.3, -0.25) is 4.90 Å². The quantitative estimate of drug-likeness (QED) is 0.827. The van der Waals surface area contributed by atoms with E-state index >= 15 is 0 Å². The third-order valence-electron chi connectivity index (χ3n) is 4.91. The molecule has 2 aliphatic rings. The summed E-state index contributed by atoms with van der Waals surface area (Å²) in [7, 11) is 2.27. The Kier molecular flexibility index (Phi) is 5.46. The number of nitrogens with zero attached hydrogens (tertiary/aromatic N) is 2. The third kappa shape index (κ3) is 3.69. The maximum atomic E-state index is 3.76. The Hall–Kier alpha value is -0.120. The fourth-order valence-corrected chi connectivity index (χ4v) is 3.41. The van der Waals surface area contributed by atoms with Gasteiger partial charge >= 0.3 is 0 Å². The molecule has 1 N–H and O–H groups in total. The van der Waals surface area contributed by atoms with Gasteiger partial charge in [-0.2, -0.15) is 0 Å². The van der Waals surface area contributed by atoms with Crippen LogP contribution in [0.5, 0.6) is 0 Å². The molecule has 0 bridgehead atoms. The molecule has 2 heterocycles. The van der Waals surface area contributed by atoms with Crippen LogP contribution in [0.3, 0.4) is 0 Å². The summed E-state index contributed by atoms with van der Waals surface area (Å²) in [6, 6.07) is 1.50. The van der Waals surface area contributed by atoms with Crippen molar-refractivity contribution in [1.82, 2.24) is 15.1 Å². The van der Waals surface area contributed by atoms with Gasteiger partial charge in [-0.15, -0.1) is 0 Å². The molecule has 3 heteroatoms. The van der Waals surface area contributed by atoms with Crippen LogP contribution in [0.1, 0.15) is 39.5 Å². The second-order valence-electron chi connectivity index (χ2n) is 6.35. The van der Waals surface area contributed by atoms with Crippen molar-refractivity contribution in [2.45, 2.75) is 51.6 Å². The van der Waals surface area contributed by atoms with Gasteiger partial charge in [0, 0.05) is 25.2 Å². The highest BCUT2D eigenvalue weighted by Crippen LogP contribution is 2.19. The van der Waals surface area contributed by atoms with Gasteiger partial charge < -0.3 is 10.2 Å². The molecule has 2 aliphatic heterocycles. The van der Waals surface area contributed by atoms with Crippen LogP contribution in [-0.4, -0.2) is 61.7 Å². The van der Waals surface area contributed by atoms with Crippen molar-refractivity contribution in [2.75, 3.05) is 39.8 Å². The Bertz CT molecular complexity index is 244. The van der Waals surface area contributed by atoms with Crippen LogP contribution >= 0.6 is 0 Å². The number of hydrogen-bond donors (Lipinski definition) is 1. The second-order valence-corrected chi connectivity index (χ2v) is 6.35. The van der Waals surface area contributed by atoms with Crippen molar-refractivity contribution in [3.8, 4) is 0 Å². The maximum Gasteiger partial charge on any atom is 0.0224 e. The van der Waals surface area contributed by atoms with E-state index in [4.69, 9.17) is 0 Å². The van der Waals surface area contributed by atoms with Gasteiger partial charge in [-0.1, -0.05) is 20.3 Å². The second kappa shape index (κ2) is 6.88. The first-order valence-electron chi connectivity index (χ1n) is 7.86. The molecule has 2 rings (SSSR count). The van der Waals surface area contributed by atoms with E-state index in [0.29, 0.717) is 6.04 Å². The zero-order valence-electron chi connectivity index (χ0n) is 12.5. The molecule has 3 atom stereocenters. The molecule has 18 heavy (non-hydrogen) atoms. The molecule has 106 valence electrons. The van der Waals surface area contributed by atoms with Gasteiger partial charge in [0.2, 0.25) is 0 Å². The lowest BCUT2D eigenvalue weighted by molar-refractivity contribution is 0.104. The standard InChI is InChI=1S/C15H31N3/c1-4-13(2)15-12-18(10-6-8-16-15)14-7-5-9-17(3)11-14/h13-16H,4-12H2,1-3H3. The first-order chi connectivity index (χ1) is 8.70. The molecule has 0 aromatic rings. The lowest BCUT2D eigenvalue weighted by Crippen LogP contribution is -2.50. The molecule has 3 nitrogen and oxygen atoms in total. The van der Waals surface area contributed by atoms with Crippen LogP contribution < -0.4 is 5.32 Å². The zero-order chi connectivity index (χ0) is 13.0. The summed E-state index contributed by atoms with van der Waals surface area (Å²) in [6.07, 6.45) is 5.37. The Balaban J connectivity index is 1.93. The fraction of sp³-hybridized carbons (Fsp3) is 1.00. The van der Waals surface area contributed by atoms with Gasteiger partial charge in [0.1, 0.15) is 0 Å². The van der Waals surface area contributed by atoms with Gasteiger partial charge in [0.25, 0.3) is 0 Å². The molecule has 0 amide bonds. The molecule has 2 fully saturated rings. The van der Waals surface area contributed by atoms with E-state index in [1.807, 2.05) is 0 Å². The van der Waals surface area contributed by atoms with Crippen molar-refractivity contribution in [1.29, 1.82) is 0 Å². The number of hydrogen-bond acceptors (Lipinski definition) is 3. The molecule has 0 radical (unpaired) electrons. The molecule has 3 unspecified atom stereocenters. The Labute approximate surface area is 113 Å². The van der Waals surface area contributed by atoms with E-state index in [0.717, 1.165) is 12.0 Å². The minimum Gasteiger partial charge on any atom is -0.312 e. The zero-order valence-corrected chi connectivity index (χ0v) is 12.5. The number of likely N-dealkylation sites (tertiary alicyclic amines) is 1. The number of rotatable bonds is 3. The van der Waals surface area contributed by atoms with Crippen LogP contribution in [0.25, 0.3) is 0 Å². The molecular formula is C15H31N3. The van der Waals surface area contributed by atoms with Gasteiger partial charge in [0.05, 0.1) is 0 Å². The Morgan fingerprint density at radius 3 is 2.78 bits per heavy atom. The minimum atomic E-state index is 0.699. The molecular weight excluding hydrogens is 222 g/mol. The fourth-order valence-electron chi connectivity index (χ4n) is 3.41. The first kappa shape index (κ1) is 14.3. The van der Waals surface area contributed by atoms with E-state index in [-0.39, 0.29) is 0 Å². The van der Waals surface area contributed by atoms with E-state index in [1.165, 1.54) is 58.4 Å². The summed E-state index contributed by atoms with van der Waals surface area (Å²) in [6.45, 7) is 11.0. The van der Waals surface area contributed by atoms with Gasteiger partial charge in [0.15, 0.2) is 0 Å². The van der Waals surface area contributed by atoms with Gasteiger partial charge in [-0.25, -0.2) is 0 Å². The van der Waals surface area contributed by atoms with Crippen molar-refractivity contribution < 1.29 is 0 Å². The summed E-state index contributed by atoms with van der Waals surface area (Å²) < 4.78 is 0. The number of piperidine rings is 1. The van der Waals surface area contributed by atoms with Crippen molar-refractivity contribution in [3.63, 3.8) is 0 Å². The van der Waals surface area contributed by atoms with Crippen molar-refractivity contribution in [2.24, 2.45) is 5.92 Å². The smallest absolute Gasteiger partial charge is 0.0224 e. The average molecular weight is 253 g/mol. The monoisotopic (exact) mass is 253 g/mol. The van der Waals surface area contributed by atoms with Gasteiger partial charge in [-0.05, 0) is 51.9 Å². The Morgan fingerprint density at radius 2 is 2.06 bits per heavy atom. The van der Waals surface area contributed by atoms with E-state index < -0.39 is 0 Å². The topological polar surface area (TPSA) is 18.5 Å². The van der Waals surface area contributed by atoms with Crippen LogP contribution in [0.15, 0.2) is 0 Å². The summed E-state index contributed by atoms with van der Waals surface area (Å²) in [5.41, 5.74) is 0. The van der Waals surface area contributed by atoms with Crippen molar-refractivity contribution in [3.05, 3.63) is 0 Å².